The molecule has 0 saturated heterocycles. The summed E-state index contributed by atoms with van der Waals surface area (Å²) < 4.78 is 10.00. The second-order valence-electron chi connectivity index (χ2n) is 5.58. The van der Waals surface area contributed by atoms with Gasteiger partial charge in [-0.15, -0.1) is 0 Å². The Balaban J connectivity index is 2.24. The number of aromatic hydroxyl groups is 2. The number of esters is 1. The van der Waals surface area contributed by atoms with Crippen LogP contribution in [0.2, 0.25) is 0 Å². The second kappa shape index (κ2) is 6.68. The third-order valence-corrected chi connectivity index (χ3v) is 4.04. The van der Waals surface area contributed by atoms with Crippen molar-refractivity contribution in [2.45, 2.75) is 12.3 Å². The minimum absolute atomic E-state index is 0.0166. The number of ether oxygens (including phenoxy) is 1. The zero-order valence-electron chi connectivity index (χ0n) is 13.4. The van der Waals surface area contributed by atoms with Gasteiger partial charge in [-0.3, -0.25) is 4.79 Å². The van der Waals surface area contributed by atoms with Crippen LogP contribution in [-0.2, 0) is 9.53 Å². The predicted molar refractivity (Wildman–Crippen MR) is 90.7 cm³/mol. The molecule has 6 heteroatoms. The molecule has 3 aromatic rings. The zero-order valence-corrected chi connectivity index (χ0v) is 13.4. The van der Waals surface area contributed by atoms with Gasteiger partial charge in [0.1, 0.15) is 17.1 Å². The van der Waals surface area contributed by atoms with Crippen LogP contribution >= 0.6 is 0 Å². The molecular formula is C19H16O6. The number of phenols is 1. The molecule has 0 unspecified atom stereocenters. The van der Waals surface area contributed by atoms with Gasteiger partial charge in [0.2, 0.25) is 0 Å². The predicted octanol–water partition coefficient (Wildman–Crippen LogP) is 2.90. The SMILES string of the molecule is COC(=O)C[C@H](c1cccc(O)c1)c1c(O)c2ccccc2oc1=O. The van der Waals surface area contributed by atoms with Crippen molar-refractivity contribution < 1.29 is 24.2 Å². The first-order valence-electron chi connectivity index (χ1n) is 7.61. The van der Waals surface area contributed by atoms with E-state index in [1.165, 1.54) is 19.2 Å². The molecule has 1 heterocycles. The molecule has 0 aliphatic carbocycles. The Labute approximate surface area is 142 Å². The Morgan fingerprint density at radius 1 is 1.16 bits per heavy atom. The molecule has 1 aromatic heterocycles. The number of carbonyl (C=O) groups is 1. The highest BCUT2D eigenvalue weighted by atomic mass is 16.5. The van der Waals surface area contributed by atoms with Crippen LogP contribution in [0.15, 0.2) is 57.7 Å². The molecule has 2 aromatic carbocycles. The molecule has 2 N–H and O–H groups in total. The standard InChI is InChI=1S/C19H16O6/c1-24-16(21)10-14(11-5-4-6-12(20)9-11)17-18(22)13-7-2-3-8-15(13)25-19(17)23/h2-9,14,20,22H,10H2,1H3/t14-/m1/s1. The number of phenolic OH excluding ortho intramolecular Hbond substituents is 1. The van der Waals surface area contributed by atoms with Crippen LogP contribution in [0.5, 0.6) is 11.5 Å². The third-order valence-electron chi connectivity index (χ3n) is 4.04. The number of hydrogen-bond acceptors (Lipinski definition) is 6. The van der Waals surface area contributed by atoms with Crippen molar-refractivity contribution >= 4 is 16.9 Å². The lowest BCUT2D eigenvalue weighted by molar-refractivity contribution is -0.140. The number of para-hydroxylation sites is 1. The highest BCUT2D eigenvalue weighted by Gasteiger charge is 2.27. The first-order valence-corrected chi connectivity index (χ1v) is 7.61. The largest absolute Gasteiger partial charge is 0.508 e. The van der Waals surface area contributed by atoms with Crippen LogP contribution < -0.4 is 5.63 Å². The second-order valence-corrected chi connectivity index (χ2v) is 5.58. The Hall–Kier alpha value is -3.28. The van der Waals surface area contributed by atoms with E-state index in [0.29, 0.717) is 10.9 Å². The van der Waals surface area contributed by atoms with Crippen molar-refractivity contribution in [1.29, 1.82) is 0 Å². The Kier molecular flexibility index (Phi) is 4.43. The average molecular weight is 340 g/mol. The summed E-state index contributed by atoms with van der Waals surface area (Å²) in [6, 6.07) is 12.7. The number of fused-ring (bicyclic) bond motifs is 1. The minimum atomic E-state index is -0.819. The lowest BCUT2D eigenvalue weighted by atomic mass is 9.88. The van der Waals surface area contributed by atoms with Crippen molar-refractivity contribution in [3.63, 3.8) is 0 Å². The number of methoxy groups -OCH3 is 1. The summed E-state index contributed by atoms with van der Waals surface area (Å²) in [7, 11) is 1.24. The van der Waals surface area contributed by atoms with Gasteiger partial charge in [0.15, 0.2) is 0 Å². The molecule has 6 nitrogen and oxygen atoms in total. The van der Waals surface area contributed by atoms with Gasteiger partial charge in [0.25, 0.3) is 0 Å². The molecular weight excluding hydrogens is 324 g/mol. The van der Waals surface area contributed by atoms with Crippen molar-refractivity contribution in [3.8, 4) is 11.5 Å². The molecule has 128 valence electrons. The molecule has 0 bridgehead atoms. The third kappa shape index (κ3) is 3.19. The van der Waals surface area contributed by atoms with Crippen LogP contribution in [0.25, 0.3) is 11.0 Å². The van der Waals surface area contributed by atoms with Gasteiger partial charge >= 0.3 is 11.6 Å². The van der Waals surface area contributed by atoms with Crippen molar-refractivity contribution in [3.05, 3.63) is 70.1 Å². The normalized spacial score (nSPS) is 12.0. The molecule has 0 aliphatic heterocycles. The maximum Gasteiger partial charge on any atom is 0.343 e. The Bertz CT molecular complexity index is 989. The van der Waals surface area contributed by atoms with Gasteiger partial charge in [-0.05, 0) is 29.8 Å². The van der Waals surface area contributed by atoms with Gasteiger partial charge < -0.3 is 19.4 Å². The van der Waals surface area contributed by atoms with Crippen LogP contribution in [0.4, 0.5) is 0 Å². The average Bonchev–Trinajstić information content (AvgIpc) is 2.60. The summed E-state index contributed by atoms with van der Waals surface area (Å²) in [6.07, 6.45) is -0.184. The zero-order chi connectivity index (χ0) is 18.0. The van der Waals surface area contributed by atoms with E-state index in [0.717, 1.165) is 0 Å². The van der Waals surface area contributed by atoms with E-state index in [4.69, 9.17) is 9.15 Å². The van der Waals surface area contributed by atoms with E-state index in [1.807, 2.05) is 0 Å². The lowest BCUT2D eigenvalue weighted by Gasteiger charge is -2.17. The molecule has 3 rings (SSSR count). The van der Waals surface area contributed by atoms with Gasteiger partial charge in [0.05, 0.1) is 24.5 Å². The maximum absolute atomic E-state index is 12.5. The van der Waals surface area contributed by atoms with Crippen molar-refractivity contribution in [2.75, 3.05) is 7.11 Å². The fourth-order valence-corrected chi connectivity index (χ4v) is 2.83. The Morgan fingerprint density at radius 3 is 2.64 bits per heavy atom. The first kappa shape index (κ1) is 16.6. The summed E-state index contributed by atoms with van der Waals surface area (Å²) >= 11 is 0. The van der Waals surface area contributed by atoms with Crippen molar-refractivity contribution in [1.82, 2.24) is 0 Å². The lowest BCUT2D eigenvalue weighted by Crippen LogP contribution is -2.18. The van der Waals surface area contributed by atoms with E-state index >= 15 is 0 Å². The monoisotopic (exact) mass is 340 g/mol. The quantitative estimate of drug-likeness (QED) is 0.560. The van der Waals surface area contributed by atoms with Gasteiger partial charge in [-0.25, -0.2) is 4.79 Å². The van der Waals surface area contributed by atoms with E-state index in [2.05, 4.69) is 0 Å². The summed E-state index contributed by atoms with van der Waals surface area (Å²) in [5, 5.41) is 20.7. The number of rotatable bonds is 4. The first-order chi connectivity index (χ1) is 12.0. The number of hydrogen-bond donors (Lipinski definition) is 2. The summed E-state index contributed by atoms with van der Waals surface area (Å²) in [5.74, 6) is -1.64. The smallest absolute Gasteiger partial charge is 0.343 e. The highest BCUT2D eigenvalue weighted by molar-refractivity contribution is 5.84. The van der Waals surface area contributed by atoms with Gasteiger partial charge in [-0.2, -0.15) is 0 Å². The van der Waals surface area contributed by atoms with Crippen LogP contribution in [0.1, 0.15) is 23.5 Å². The molecule has 1 atom stereocenters. The van der Waals surface area contributed by atoms with E-state index in [1.54, 1.807) is 36.4 Å². The number of benzene rings is 2. The number of carbonyl (C=O) groups excluding carboxylic acids is 1. The summed E-state index contributed by atoms with van der Waals surface area (Å²) in [5.41, 5.74) is -0.0482. The van der Waals surface area contributed by atoms with Crippen LogP contribution in [-0.4, -0.2) is 23.3 Å². The van der Waals surface area contributed by atoms with E-state index in [9.17, 15) is 19.8 Å². The van der Waals surface area contributed by atoms with E-state index in [-0.39, 0.29) is 29.1 Å². The summed E-state index contributed by atoms with van der Waals surface area (Å²) in [4.78, 5) is 24.3. The molecule has 0 radical (unpaired) electrons. The van der Waals surface area contributed by atoms with Crippen LogP contribution in [0.3, 0.4) is 0 Å². The topological polar surface area (TPSA) is 97.0 Å². The molecule has 0 spiro atoms. The molecule has 0 aliphatic rings. The summed E-state index contributed by atoms with van der Waals surface area (Å²) in [6.45, 7) is 0. The van der Waals surface area contributed by atoms with Crippen LogP contribution in [0, 0.1) is 0 Å². The van der Waals surface area contributed by atoms with Gasteiger partial charge in [0, 0.05) is 5.92 Å². The molecule has 25 heavy (non-hydrogen) atoms. The fourth-order valence-electron chi connectivity index (χ4n) is 2.83. The highest BCUT2D eigenvalue weighted by Crippen LogP contribution is 2.36. The van der Waals surface area contributed by atoms with Gasteiger partial charge in [-0.1, -0.05) is 24.3 Å². The Morgan fingerprint density at radius 2 is 1.92 bits per heavy atom. The van der Waals surface area contributed by atoms with Crippen molar-refractivity contribution in [2.24, 2.45) is 0 Å². The maximum atomic E-state index is 12.5. The van der Waals surface area contributed by atoms with E-state index < -0.39 is 17.5 Å². The molecule has 0 fully saturated rings. The molecule has 0 saturated carbocycles. The fraction of sp³-hybridized carbons (Fsp3) is 0.158. The molecule has 0 amide bonds. The minimum Gasteiger partial charge on any atom is -0.508 e.